The molecule has 0 unspecified atom stereocenters. The number of aromatic nitrogens is 3. The number of urea groups is 1. The molecule has 7 heteroatoms. The van der Waals surface area contributed by atoms with E-state index < -0.39 is 0 Å². The summed E-state index contributed by atoms with van der Waals surface area (Å²) in [5, 5.41) is 9.11. The zero-order valence-electron chi connectivity index (χ0n) is 11.9. The number of hydrogen-bond donors (Lipinski definition) is 1. The van der Waals surface area contributed by atoms with Crippen molar-refractivity contribution in [3.05, 3.63) is 34.5 Å². The highest BCUT2D eigenvalue weighted by molar-refractivity contribution is 7.07. The number of nitrogens with zero attached hydrogens (tertiary/aromatic N) is 4. The quantitative estimate of drug-likeness (QED) is 0.919. The molecule has 1 atom stereocenters. The molecular formula is C13H19N5OS. The Hall–Kier alpha value is -1.89. The number of carbonyl (C=O) groups is 1. The van der Waals surface area contributed by atoms with Crippen LogP contribution in [0.4, 0.5) is 4.79 Å². The van der Waals surface area contributed by atoms with Crippen LogP contribution in [0.25, 0.3) is 0 Å². The SMILES string of the molecule is CC[C@H](NC(=O)N(C)Cc1cscn1)c1ccnn1C. The van der Waals surface area contributed by atoms with E-state index in [4.69, 9.17) is 0 Å². The molecule has 0 aliphatic heterocycles. The largest absolute Gasteiger partial charge is 0.330 e. The second-order valence-corrected chi connectivity index (χ2v) is 5.34. The van der Waals surface area contributed by atoms with Crippen LogP contribution in [0.2, 0.25) is 0 Å². The fourth-order valence-electron chi connectivity index (χ4n) is 2.00. The third-order valence-corrected chi connectivity index (χ3v) is 3.79. The smallest absolute Gasteiger partial charge is 0.318 e. The van der Waals surface area contributed by atoms with Gasteiger partial charge in [-0.15, -0.1) is 11.3 Å². The summed E-state index contributed by atoms with van der Waals surface area (Å²) in [5.41, 5.74) is 3.68. The highest BCUT2D eigenvalue weighted by atomic mass is 32.1. The lowest BCUT2D eigenvalue weighted by Gasteiger charge is -2.22. The van der Waals surface area contributed by atoms with Crippen LogP contribution < -0.4 is 5.32 Å². The van der Waals surface area contributed by atoms with Gasteiger partial charge in [-0.1, -0.05) is 6.92 Å². The van der Waals surface area contributed by atoms with Crippen molar-refractivity contribution in [2.75, 3.05) is 7.05 Å². The molecule has 2 aromatic rings. The first-order valence-electron chi connectivity index (χ1n) is 6.48. The Bertz CT molecular complexity index is 551. The summed E-state index contributed by atoms with van der Waals surface area (Å²) < 4.78 is 1.79. The Morgan fingerprint density at radius 2 is 2.40 bits per heavy atom. The molecule has 0 aliphatic carbocycles. The molecule has 0 aliphatic rings. The van der Waals surface area contributed by atoms with Crippen molar-refractivity contribution in [1.82, 2.24) is 25.0 Å². The Morgan fingerprint density at radius 3 is 2.95 bits per heavy atom. The van der Waals surface area contributed by atoms with Gasteiger partial charge in [0.2, 0.25) is 0 Å². The molecule has 2 amide bonds. The van der Waals surface area contributed by atoms with Crippen molar-refractivity contribution in [3.63, 3.8) is 0 Å². The van der Waals surface area contributed by atoms with Crippen LogP contribution in [0.15, 0.2) is 23.2 Å². The van der Waals surface area contributed by atoms with Gasteiger partial charge in [-0.3, -0.25) is 4.68 Å². The Labute approximate surface area is 122 Å². The van der Waals surface area contributed by atoms with E-state index in [2.05, 4.69) is 15.4 Å². The topological polar surface area (TPSA) is 63.1 Å². The van der Waals surface area contributed by atoms with Gasteiger partial charge in [0.05, 0.1) is 29.5 Å². The van der Waals surface area contributed by atoms with Gasteiger partial charge in [0.15, 0.2) is 0 Å². The molecule has 1 N–H and O–H groups in total. The third-order valence-electron chi connectivity index (χ3n) is 3.15. The van der Waals surface area contributed by atoms with Crippen LogP contribution in [0, 0.1) is 0 Å². The Morgan fingerprint density at radius 1 is 1.60 bits per heavy atom. The number of rotatable bonds is 5. The minimum atomic E-state index is -0.106. The molecule has 108 valence electrons. The molecule has 0 saturated heterocycles. The van der Waals surface area contributed by atoms with Gasteiger partial charge in [-0.05, 0) is 12.5 Å². The highest BCUT2D eigenvalue weighted by Gasteiger charge is 2.18. The Kier molecular flexibility index (Phi) is 4.73. The second-order valence-electron chi connectivity index (χ2n) is 4.63. The molecule has 0 saturated carbocycles. The molecule has 2 aromatic heterocycles. The predicted molar refractivity (Wildman–Crippen MR) is 78.4 cm³/mol. The number of amides is 2. The van der Waals surface area contributed by atoms with Crippen LogP contribution >= 0.6 is 11.3 Å². The van der Waals surface area contributed by atoms with Crippen LogP contribution in [-0.2, 0) is 13.6 Å². The first kappa shape index (κ1) is 14.5. The fraction of sp³-hybridized carbons (Fsp3) is 0.462. The Balaban J connectivity index is 1.97. The number of hydrogen-bond acceptors (Lipinski definition) is 4. The number of carbonyl (C=O) groups excluding carboxylic acids is 1. The van der Waals surface area contributed by atoms with Crippen LogP contribution in [0.3, 0.4) is 0 Å². The van der Waals surface area contributed by atoms with E-state index in [1.807, 2.05) is 25.4 Å². The summed E-state index contributed by atoms with van der Waals surface area (Å²) in [7, 11) is 3.65. The monoisotopic (exact) mass is 293 g/mol. The van der Waals surface area contributed by atoms with Crippen LogP contribution in [0.1, 0.15) is 30.8 Å². The lowest BCUT2D eigenvalue weighted by molar-refractivity contribution is 0.201. The second kappa shape index (κ2) is 6.51. The summed E-state index contributed by atoms with van der Waals surface area (Å²) >= 11 is 1.53. The molecular weight excluding hydrogens is 274 g/mol. The van der Waals surface area contributed by atoms with E-state index in [0.29, 0.717) is 6.54 Å². The molecule has 2 rings (SSSR count). The van der Waals surface area contributed by atoms with Gasteiger partial charge >= 0.3 is 6.03 Å². The van der Waals surface area contributed by atoms with E-state index in [1.165, 1.54) is 11.3 Å². The van der Waals surface area contributed by atoms with E-state index in [-0.39, 0.29) is 12.1 Å². The molecule has 0 bridgehead atoms. The van der Waals surface area contributed by atoms with E-state index in [1.54, 1.807) is 28.3 Å². The van der Waals surface area contributed by atoms with Gasteiger partial charge < -0.3 is 10.2 Å². The number of thiazole rings is 1. The first-order chi connectivity index (χ1) is 9.61. The van der Waals surface area contributed by atoms with Gasteiger partial charge in [0.25, 0.3) is 0 Å². The standard InChI is InChI=1S/C13H19N5OS/c1-4-11(12-5-6-15-18(12)3)16-13(19)17(2)7-10-8-20-9-14-10/h5-6,8-9,11H,4,7H2,1-3H3,(H,16,19)/t11-/m0/s1. The fourth-order valence-corrected chi connectivity index (χ4v) is 2.55. The minimum Gasteiger partial charge on any atom is -0.330 e. The first-order valence-corrected chi connectivity index (χ1v) is 7.42. The number of aryl methyl sites for hydroxylation is 1. The molecule has 20 heavy (non-hydrogen) atoms. The zero-order chi connectivity index (χ0) is 14.5. The lowest BCUT2D eigenvalue weighted by Crippen LogP contribution is -2.39. The van der Waals surface area contributed by atoms with E-state index in [9.17, 15) is 4.79 Å². The highest BCUT2D eigenvalue weighted by Crippen LogP contribution is 2.15. The number of nitrogens with one attached hydrogen (secondary N) is 1. The van der Waals surface area contributed by atoms with Gasteiger partial charge in [0.1, 0.15) is 0 Å². The lowest BCUT2D eigenvalue weighted by atomic mass is 10.1. The van der Waals surface area contributed by atoms with Gasteiger partial charge in [0, 0.05) is 25.7 Å². The summed E-state index contributed by atoms with van der Waals surface area (Å²) in [5.74, 6) is 0. The van der Waals surface area contributed by atoms with Crippen molar-refractivity contribution in [2.24, 2.45) is 7.05 Å². The van der Waals surface area contributed by atoms with Gasteiger partial charge in [-0.25, -0.2) is 9.78 Å². The summed E-state index contributed by atoms with van der Waals surface area (Å²) in [6.45, 7) is 2.55. The maximum atomic E-state index is 12.2. The summed E-state index contributed by atoms with van der Waals surface area (Å²) in [6, 6.07) is 1.79. The minimum absolute atomic E-state index is 0.0344. The molecule has 6 nitrogen and oxygen atoms in total. The third kappa shape index (κ3) is 3.36. The van der Waals surface area contributed by atoms with Crippen molar-refractivity contribution in [1.29, 1.82) is 0 Å². The average Bonchev–Trinajstić information content (AvgIpc) is 3.07. The zero-order valence-corrected chi connectivity index (χ0v) is 12.7. The van der Waals surface area contributed by atoms with Crippen LogP contribution in [-0.4, -0.2) is 32.7 Å². The predicted octanol–water partition coefficient (Wildman–Crippen LogP) is 2.17. The maximum absolute atomic E-state index is 12.2. The van der Waals surface area contributed by atoms with Crippen LogP contribution in [0.5, 0.6) is 0 Å². The molecule has 0 fully saturated rings. The average molecular weight is 293 g/mol. The van der Waals surface area contributed by atoms with Gasteiger partial charge in [-0.2, -0.15) is 5.10 Å². The van der Waals surface area contributed by atoms with Crippen molar-refractivity contribution < 1.29 is 4.79 Å². The molecule has 2 heterocycles. The van der Waals surface area contributed by atoms with Crippen molar-refractivity contribution >= 4 is 17.4 Å². The molecule has 0 spiro atoms. The van der Waals surface area contributed by atoms with E-state index in [0.717, 1.165) is 17.8 Å². The van der Waals surface area contributed by atoms with E-state index >= 15 is 0 Å². The van der Waals surface area contributed by atoms with Crippen molar-refractivity contribution in [3.8, 4) is 0 Å². The molecule has 0 radical (unpaired) electrons. The normalized spacial score (nSPS) is 12.2. The molecule has 0 aromatic carbocycles. The summed E-state index contributed by atoms with van der Waals surface area (Å²) in [4.78, 5) is 18.0. The maximum Gasteiger partial charge on any atom is 0.318 e. The van der Waals surface area contributed by atoms with Crippen molar-refractivity contribution in [2.45, 2.75) is 25.9 Å². The summed E-state index contributed by atoms with van der Waals surface area (Å²) in [6.07, 6.45) is 2.55.